The first-order chi connectivity index (χ1) is 10.9. The first kappa shape index (κ1) is 16.5. The summed E-state index contributed by atoms with van der Waals surface area (Å²) < 4.78 is 31.6. The van der Waals surface area contributed by atoms with Crippen LogP contribution in [0.15, 0.2) is 47.4 Å². The Kier molecular flexibility index (Phi) is 4.67. The van der Waals surface area contributed by atoms with E-state index in [0.717, 1.165) is 5.56 Å². The Morgan fingerprint density at radius 1 is 1.22 bits per heavy atom. The Bertz CT molecular complexity index is 899. The van der Waals surface area contributed by atoms with Crippen molar-refractivity contribution in [2.75, 3.05) is 7.11 Å². The van der Waals surface area contributed by atoms with Crippen molar-refractivity contribution in [3.63, 3.8) is 0 Å². The molecule has 2 rings (SSSR count). The lowest BCUT2D eigenvalue weighted by Gasteiger charge is -2.09. The fraction of sp³-hybridized carbons (Fsp3) is 0.125. The molecular weight excluding hydrogens is 316 g/mol. The van der Waals surface area contributed by atoms with Gasteiger partial charge in [0.15, 0.2) is 0 Å². The minimum atomic E-state index is -4.06. The molecule has 118 valence electrons. The minimum Gasteiger partial charge on any atom is -0.496 e. The number of nitrogens with zero attached hydrogens (tertiary/aromatic N) is 1. The Labute approximate surface area is 134 Å². The molecule has 0 saturated carbocycles. The standard InChI is InChI=1S/C16H14N2O4S/c1-11-6-7-13(9-15(11)22-2)16(19)18-23(20,21)14-5-3-4-12(8-14)10-17/h3-9H,1-2H3,(H,18,19). The molecule has 6 nitrogen and oxygen atoms in total. The van der Waals surface area contributed by atoms with Crippen molar-refractivity contribution >= 4 is 15.9 Å². The molecule has 0 saturated heterocycles. The zero-order valence-electron chi connectivity index (χ0n) is 12.5. The number of carbonyl (C=O) groups excluding carboxylic acids is 1. The molecule has 0 spiro atoms. The number of hydrogen-bond donors (Lipinski definition) is 1. The summed E-state index contributed by atoms with van der Waals surface area (Å²) in [4.78, 5) is 12.0. The van der Waals surface area contributed by atoms with Crippen LogP contribution < -0.4 is 9.46 Å². The van der Waals surface area contributed by atoms with Crippen LogP contribution in [0.5, 0.6) is 5.75 Å². The van der Waals surface area contributed by atoms with Crippen molar-refractivity contribution in [2.24, 2.45) is 0 Å². The maximum Gasteiger partial charge on any atom is 0.265 e. The summed E-state index contributed by atoms with van der Waals surface area (Å²) in [7, 11) is -2.60. The van der Waals surface area contributed by atoms with E-state index in [4.69, 9.17) is 10.00 Å². The fourth-order valence-corrected chi connectivity index (χ4v) is 2.95. The molecule has 0 unspecified atom stereocenters. The van der Waals surface area contributed by atoms with E-state index in [9.17, 15) is 13.2 Å². The van der Waals surface area contributed by atoms with Gasteiger partial charge in [0, 0.05) is 5.56 Å². The van der Waals surface area contributed by atoms with Gasteiger partial charge in [0.05, 0.1) is 23.6 Å². The second-order valence-electron chi connectivity index (χ2n) is 4.76. The second-order valence-corrected chi connectivity index (χ2v) is 6.44. The SMILES string of the molecule is COc1cc(C(=O)NS(=O)(=O)c2cccc(C#N)c2)ccc1C. The third-order valence-corrected chi connectivity index (χ3v) is 4.50. The van der Waals surface area contributed by atoms with Crippen molar-refractivity contribution in [1.29, 1.82) is 5.26 Å². The number of hydrogen-bond acceptors (Lipinski definition) is 5. The zero-order chi connectivity index (χ0) is 17.0. The topological polar surface area (TPSA) is 96.3 Å². The smallest absolute Gasteiger partial charge is 0.265 e. The minimum absolute atomic E-state index is 0.149. The van der Waals surface area contributed by atoms with E-state index in [1.54, 1.807) is 6.07 Å². The molecule has 0 heterocycles. The van der Waals surface area contributed by atoms with Crippen LogP contribution in [-0.2, 0) is 10.0 Å². The van der Waals surface area contributed by atoms with E-state index in [-0.39, 0.29) is 16.0 Å². The number of rotatable bonds is 4. The molecule has 1 N–H and O–H groups in total. The highest BCUT2D eigenvalue weighted by atomic mass is 32.2. The molecule has 0 bridgehead atoms. The van der Waals surface area contributed by atoms with Gasteiger partial charge in [-0.15, -0.1) is 0 Å². The van der Waals surface area contributed by atoms with Gasteiger partial charge in [-0.1, -0.05) is 12.1 Å². The molecule has 7 heteroatoms. The number of sulfonamides is 1. The van der Waals surface area contributed by atoms with Crippen LogP contribution in [0.1, 0.15) is 21.5 Å². The summed E-state index contributed by atoms with van der Waals surface area (Å²) >= 11 is 0. The molecule has 0 radical (unpaired) electrons. The summed E-state index contributed by atoms with van der Waals surface area (Å²) in [6, 6.07) is 11.9. The predicted molar refractivity (Wildman–Crippen MR) is 83.5 cm³/mol. The Balaban J connectivity index is 2.30. The van der Waals surface area contributed by atoms with E-state index in [1.165, 1.54) is 43.5 Å². The van der Waals surface area contributed by atoms with Crippen molar-refractivity contribution < 1.29 is 17.9 Å². The average Bonchev–Trinajstić information content (AvgIpc) is 2.54. The normalized spacial score (nSPS) is 10.7. The van der Waals surface area contributed by atoms with Crippen LogP contribution in [0.4, 0.5) is 0 Å². The largest absolute Gasteiger partial charge is 0.496 e. The van der Waals surface area contributed by atoms with Crippen LogP contribution in [0.25, 0.3) is 0 Å². The first-order valence-corrected chi connectivity index (χ1v) is 8.07. The average molecular weight is 330 g/mol. The fourth-order valence-electron chi connectivity index (χ4n) is 1.93. The number of benzene rings is 2. The number of nitrogens with one attached hydrogen (secondary N) is 1. The lowest BCUT2D eigenvalue weighted by Crippen LogP contribution is -2.30. The lowest BCUT2D eigenvalue weighted by atomic mass is 10.1. The molecule has 0 fully saturated rings. The highest BCUT2D eigenvalue weighted by Gasteiger charge is 2.19. The molecule has 0 atom stereocenters. The summed E-state index contributed by atoms with van der Waals surface area (Å²) in [6.07, 6.45) is 0. The van der Waals surface area contributed by atoms with E-state index in [0.29, 0.717) is 5.75 Å². The summed E-state index contributed by atoms with van der Waals surface area (Å²) in [5.74, 6) is -0.285. The third-order valence-electron chi connectivity index (χ3n) is 3.17. The Hall–Kier alpha value is -2.85. The molecule has 0 aliphatic heterocycles. The number of carbonyl (C=O) groups is 1. The zero-order valence-corrected chi connectivity index (χ0v) is 13.3. The van der Waals surface area contributed by atoms with Gasteiger partial charge in [0.2, 0.25) is 0 Å². The van der Waals surface area contributed by atoms with Crippen LogP contribution in [0.3, 0.4) is 0 Å². The van der Waals surface area contributed by atoms with Crippen LogP contribution in [0, 0.1) is 18.3 Å². The lowest BCUT2D eigenvalue weighted by molar-refractivity contribution is 0.0981. The van der Waals surface area contributed by atoms with Crippen molar-refractivity contribution in [2.45, 2.75) is 11.8 Å². The number of aryl methyl sites for hydroxylation is 1. The van der Waals surface area contributed by atoms with Crippen LogP contribution >= 0.6 is 0 Å². The monoisotopic (exact) mass is 330 g/mol. The van der Waals surface area contributed by atoms with Gasteiger partial charge in [-0.2, -0.15) is 5.26 Å². The summed E-state index contributed by atoms with van der Waals surface area (Å²) in [5.41, 5.74) is 1.18. The molecule has 23 heavy (non-hydrogen) atoms. The van der Waals surface area contributed by atoms with Crippen molar-refractivity contribution in [3.05, 3.63) is 59.2 Å². The van der Waals surface area contributed by atoms with Gasteiger partial charge in [-0.3, -0.25) is 4.79 Å². The Morgan fingerprint density at radius 3 is 2.61 bits per heavy atom. The first-order valence-electron chi connectivity index (χ1n) is 6.59. The molecule has 1 amide bonds. The molecular formula is C16H14N2O4S. The van der Waals surface area contributed by atoms with Crippen LogP contribution in [0.2, 0.25) is 0 Å². The third kappa shape index (κ3) is 3.67. The van der Waals surface area contributed by atoms with Gasteiger partial charge in [-0.25, -0.2) is 13.1 Å². The van der Waals surface area contributed by atoms with E-state index in [1.807, 2.05) is 17.7 Å². The summed E-state index contributed by atoms with van der Waals surface area (Å²) in [5, 5.41) is 8.83. The quantitative estimate of drug-likeness (QED) is 0.925. The highest BCUT2D eigenvalue weighted by Crippen LogP contribution is 2.19. The van der Waals surface area contributed by atoms with E-state index >= 15 is 0 Å². The molecule has 0 aromatic heterocycles. The van der Waals surface area contributed by atoms with Crippen molar-refractivity contribution in [1.82, 2.24) is 4.72 Å². The highest BCUT2D eigenvalue weighted by molar-refractivity contribution is 7.90. The number of ether oxygens (including phenoxy) is 1. The molecule has 0 aliphatic rings. The summed E-state index contributed by atoms with van der Waals surface area (Å²) in [6.45, 7) is 1.81. The maximum absolute atomic E-state index is 12.2. The maximum atomic E-state index is 12.2. The molecule has 0 aliphatic carbocycles. The van der Waals surface area contributed by atoms with Gasteiger partial charge in [0.1, 0.15) is 5.75 Å². The Morgan fingerprint density at radius 2 is 1.96 bits per heavy atom. The van der Waals surface area contributed by atoms with Gasteiger partial charge in [0.25, 0.3) is 15.9 Å². The molecule has 2 aromatic carbocycles. The van der Waals surface area contributed by atoms with Gasteiger partial charge in [-0.05, 0) is 42.8 Å². The van der Waals surface area contributed by atoms with Crippen LogP contribution in [-0.4, -0.2) is 21.4 Å². The second kappa shape index (κ2) is 6.50. The van der Waals surface area contributed by atoms with Gasteiger partial charge < -0.3 is 4.74 Å². The number of amides is 1. The predicted octanol–water partition coefficient (Wildman–Crippen LogP) is 1.99. The van der Waals surface area contributed by atoms with E-state index in [2.05, 4.69) is 0 Å². The van der Waals surface area contributed by atoms with Crippen molar-refractivity contribution in [3.8, 4) is 11.8 Å². The van der Waals surface area contributed by atoms with Gasteiger partial charge >= 0.3 is 0 Å². The van der Waals surface area contributed by atoms with E-state index < -0.39 is 15.9 Å². The number of nitriles is 1. The molecule has 2 aromatic rings. The number of methoxy groups -OCH3 is 1.